The van der Waals surface area contributed by atoms with Gasteiger partial charge >= 0.3 is 0 Å². The second-order valence-electron chi connectivity index (χ2n) is 7.68. The first kappa shape index (κ1) is 20.0. The van der Waals surface area contributed by atoms with E-state index < -0.39 is 6.10 Å². The van der Waals surface area contributed by atoms with E-state index in [1.807, 2.05) is 18.2 Å². The molecule has 1 atom stereocenters. The first-order valence-corrected chi connectivity index (χ1v) is 9.45. The molecule has 0 aliphatic heterocycles. The van der Waals surface area contributed by atoms with E-state index in [0.29, 0.717) is 5.75 Å². The fraction of sp³-hybridized carbons (Fsp3) is 0.435. The minimum atomic E-state index is -0.565. The molecule has 0 radical (unpaired) electrons. The molecule has 0 aromatic heterocycles. The van der Waals surface area contributed by atoms with Crippen LogP contribution in [0.25, 0.3) is 0 Å². The van der Waals surface area contributed by atoms with Crippen LogP contribution in [0, 0.1) is 0 Å². The average molecular weight is 354 g/mol. The Balaban J connectivity index is 2.09. The molecule has 0 heterocycles. The molecule has 0 aliphatic carbocycles. The maximum absolute atomic E-state index is 12.6. The SMILES string of the molecule is CCc1cccc(CC)c1NC(=O)C(C)Oc1ccc(C(C)(C)C)cc1. The van der Waals surface area contributed by atoms with Crippen molar-refractivity contribution in [2.24, 2.45) is 0 Å². The van der Waals surface area contributed by atoms with Crippen molar-refractivity contribution in [3.63, 3.8) is 0 Å². The van der Waals surface area contributed by atoms with Gasteiger partial charge in [0.2, 0.25) is 0 Å². The Labute approximate surface area is 157 Å². The number of benzene rings is 2. The normalized spacial score (nSPS) is 12.5. The highest BCUT2D eigenvalue weighted by Gasteiger charge is 2.18. The van der Waals surface area contributed by atoms with E-state index in [-0.39, 0.29) is 11.3 Å². The summed E-state index contributed by atoms with van der Waals surface area (Å²) in [5, 5.41) is 3.07. The van der Waals surface area contributed by atoms with Crippen LogP contribution in [0.15, 0.2) is 42.5 Å². The third-order valence-corrected chi connectivity index (χ3v) is 4.65. The first-order chi connectivity index (χ1) is 12.3. The van der Waals surface area contributed by atoms with E-state index in [1.165, 1.54) is 5.56 Å². The average Bonchev–Trinajstić information content (AvgIpc) is 2.61. The summed E-state index contributed by atoms with van der Waals surface area (Å²) in [6.45, 7) is 12.5. The lowest BCUT2D eigenvalue weighted by atomic mass is 9.87. The Morgan fingerprint density at radius 3 is 2.00 bits per heavy atom. The Bertz CT molecular complexity index is 720. The molecule has 1 unspecified atom stereocenters. The summed E-state index contributed by atoms with van der Waals surface area (Å²) in [6, 6.07) is 14.1. The third-order valence-electron chi connectivity index (χ3n) is 4.65. The molecule has 0 bridgehead atoms. The second-order valence-corrected chi connectivity index (χ2v) is 7.68. The minimum absolute atomic E-state index is 0.0991. The summed E-state index contributed by atoms with van der Waals surface area (Å²) in [4.78, 5) is 12.6. The zero-order valence-corrected chi connectivity index (χ0v) is 16.8. The fourth-order valence-electron chi connectivity index (χ4n) is 2.92. The van der Waals surface area contributed by atoms with Crippen LogP contribution >= 0.6 is 0 Å². The molecule has 3 heteroatoms. The van der Waals surface area contributed by atoms with E-state index in [9.17, 15) is 4.79 Å². The highest BCUT2D eigenvalue weighted by molar-refractivity contribution is 5.95. The number of rotatable bonds is 6. The number of anilines is 1. The molecule has 0 saturated heterocycles. The number of nitrogens with one attached hydrogen (secondary N) is 1. The van der Waals surface area contributed by atoms with Crippen LogP contribution in [-0.4, -0.2) is 12.0 Å². The molecule has 2 aromatic carbocycles. The third kappa shape index (κ3) is 4.87. The van der Waals surface area contributed by atoms with E-state index in [0.717, 1.165) is 29.7 Å². The van der Waals surface area contributed by atoms with Crippen LogP contribution in [0.3, 0.4) is 0 Å². The van der Waals surface area contributed by atoms with E-state index in [1.54, 1.807) is 6.92 Å². The topological polar surface area (TPSA) is 38.3 Å². The highest BCUT2D eigenvalue weighted by atomic mass is 16.5. The van der Waals surface area contributed by atoms with Crippen LogP contribution in [0.5, 0.6) is 5.75 Å². The van der Waals surface area contributed by atoms with Gasteiger partial charge in [-0.25, -0.2) is 0 Å². The zero-order valence-electron chi connectivity index (χ0n) is 16.8. The van der Waals surface area contributed by atoms with Gasteiger partial charge in [-0.2, -0.15) is 0 Å². The number of aryl methyl sites for hydroxylation is 2. The molecule has 140 valence electrons. The van der Waals surface area contributed by atoms with Crippen LogP contribution in [0.2, 0.25) is 0 Å². The van der Waals surface area contributed by atoms with Gasteiger partial charge in [-0.1, -0.05) is 65.0 Å². The Kier molecular flexibility index (Phi) is 6.47. The maximum atomic E-state index is 12.6. The first-order valence-electron chi connectivity index (χ1n) is 9.45. The van der Waals surface area contributed by atoms with Gasteiger partial charge in [-0.05, 0) is 54.0 Å². The summed E-state index contributed by atoms with van der Waals surface area (Å²) >= 11 is 0. The van der Waals surface area contributed by atoms with Crippen LogP contribution < -0.4 is 10.1 Å². The largest absolute Gasteiger partial charge is 0.481 e. The lowest BCUT2D eigenvalue weighted by molar-refractivity contribution is -0.122. The number of carbonyl (C=O) groups excluding carboxylic acids is 1. The van der Waals surface area contributed by atoms with Crippen molar-refractivity contribution in [3.05, 3.63) is 59.2 Å². The van der Waals surface area contributed by atoms with E-state index in [2.05, 4.69) is 64.2 Å². The number of amides is 1. The van der Waals surface area contributed by atoms with Crippen molar-refractivity contribution in [1.29, 1.82) is 0 Å². The molecule has 0 fully saturated rings. The Morgan fingerprint density at radius 1 is 1.00 bits per heavy atom. The lowest BCUT2D eigenvalue weighted by Crippen LogP contribution is -2.31. The van der Waals surface area contributed by atoms with Gasteiger partial charge in [0.25, 0.3) is 5.91 Å². The van der Waals surface area contributed by atoms with Crippen molar-refractivity contribution >= 4 is 11.6 Å². The van der Waals surface area contributed by atoms with Crippen LogP contribution in [0.1, 0.15) is 58.2 Å². The van der Waals surface area contributed by atoms with Crippen molar-refractivity contribution in [3.8, 4) is 5.75 Å². The molecule has 2 aromatic rings. The number of carbonyl (C=O) groups is 1. The number of ether oxygens (including phenoxy) is 1. The molecule has 0 aliphatic rings. The van der Waals surface area contributed by atoms with E-state index >= 15 is 0 Å². The standard InChI is InChI=1S/C23H31NO2/c1-7-17-10-9-11-18(8-2)21(17)24-22(25)16(3)26-20-14-12-19(13-15-20)23(4,5)6/h9-16H,7-8H2,1-6H3,(H,24,25). The fourth-order valence-corrected chi connectivity index (χ4v) is 2.92. The van der Waals surface area contributed by atoms with Gasteiger partial charge in [0.15, 0.2) is 6.10 Å². The lowest BCUT2D eigenvalue weighted by Gasteiger charge is -2.21. The van der Waals surface area contributed by atoms with E-state index in [4.69, 9.17) is 4.74 Å². The van der Waals surface area contributed by atoms with Gasteiger partial charge in [0, 0.05) is 5.69 Å². The van der Waals surface area contributed by atoms with Gasteiger partial charge in [0.1, 0.15) is 5.75 Å². The molecular weight excluding hydrogens is 322 g/mol. The molecule has 2 rings (SSSR count). The quantitative estimate of drug-likeness (QED) is 0.743. The molecule has 1 amide bonds. The molecule has 0 spiro atoms. The number of hydrogen-bond donors (Lipinski definition) is 1. The van der Waals surface area contributed by atoms with Crippen molar-refractivity contribution in [1.82, 2.24) is 0 Å². The summed E-state index contributed by atoms with van der Waals surface area (Å²) in [7, 11) is 0. The molecule has 0 saturated carbocycles. The van der Waals surface area contributed by atoms with Crippen molar-refractivity contribution < 1.29 is 9.53 Å². The molecule has 1 N–H and O–H groups in total. The summed E-state index contributed by atoms with van der Waals surface area (Å²) in [5.74, 6) is 0.584. The monoisotopic (exact) mass is 353 g/mol. The van der Waals surface area contributed by atoms with Gasteiger partial charge < -0.3 is 10.1 Å². The summed E-state index contributed by atoms with van der Waals surface area (Å²) in [5.41, 5.74) is 4.58. The number of hydrogen-bond acceptors (Lipinski definition) is 2. The summed E-state index contributed by atoms with van der Waals surface area (Å²) in [6.07, 6.45) is 1.20. The number of para-hydroxylation sites is 1. The smallest absolute Gasteiger partial charge is 0.265 e. The van der Waals surface area contributed by atoms with Gasteiger partial charge in [-0.3, -0.25) is 4.79 Å². The van der Waals surface area contributed by atoms with Crippen molar-refractivity contribution in [2.75, 3.05) is 5.32 Å². The Hall–Kier alpha value is -2.29. The molecule has 3 nitrogen and oxygen atoms in total. The highest BCUT2D eigenvalue weighted by Crippen LogP contribution is 2.26. The molecular formula is C23H31NO2. The predicted molar refractivity (Wildman–Crippen MR) is 109 cm³/mol. The van der Waals surface area contributed by atoms with Gasteiger partial charge in [0.05, 0.1) is 0 Å². The van der Waals surface area contributed by atoms with Crippen molar-refractivity contribution in [2.45, 2.75) is 65.9 Å². The van der Waals surface area contributed by atoms with Crippen LogP contribution in [0.4, 0.5) is 5.69 Å². The minimum Gasteiger partial charge on any atom is -0.481 e. The Morgan fingerprint density at radius 2 is 1.54 bits per heavy atom. The zero-order chi connectivity index (χ0) is 19.3. The maximum Gasteiger partial charge on any atom is 0.265 e. The predicted octanol–water partition coefficient (Wildman–Crippen LogP) is 5.51. The van der Waals surface area contributed by atoms with Gasteiger partial charge in [-0.15, -0.1) is 0 Å². The summed E-state index contributed by atoms with van der Waals surface area (Å²) < 4.78 is 5.85. The van der Waals surface area contributed by atoms with Crippen LogP contribution in [-0.2, 0) is 23.1 Å². The second kappa shape index (κ2) is 8.39. The molecule has 26 heavy (non-hydrogen) atoms.